The highest BCUT2D eigenvalue weighted by atomic mass is 16.7. The Morgan fingerprint density at radius 3 is 2.76 bits per heavy atom. The second kappa shape index (κ2) is 6.73. The molecule has 0 radical (unpaired) electrons. The van der Waals surface area contributed by atoms with E-state index in [4.69, 9.17) is 9.47 Å². The van der Waals surface area contributed by atoms with Crippen molar-refractivity contribution in [1.29, 1.82) is 0 Å². The highest BCUT2D eigenvalue weighted by molar-refractivity contribution is 5.99. The van der Waals surface area contributed by atoms with Gasteiger partial charge in [0.05, 0.1) is 36.0 Å². The zero-order valence-corrected chi connectivity index (χ0v) is 14.8. The molecule has 2 aromatic rings. The summed E-state index contributed by atoms with van der Waals surface area (Å²) in [6.45, 7) is 5.93. The number of amides is 1. The summed E-state index contributed by atoms with van der Waals surface area (Å²) in [4.78, 5) is 19.9. The number of carbonyl (C=O) groups is 1. The fourth-order valence-corrected chi connectivity index (χ4v) is 3.85. The summed E-state index contributed by atoms with van der Waals surface area (Å²) in [5, 5.41) is 1.01. The third-order valence-electron chi connectivity index (χ3n) is 5.16. The number of nitrogens with zero attached hydrogens (tertiary/aromatic N) is 2. The van der Waals surface area contributed by atoms with Crippen molar-refractivity contribution in [2.75, 3.05) is 19.8 Å². The Hall–Kier alpha value is -1.98. The van der Waals surface area contributed by atoms with Gasteiger partial charge in [0.2, 0.25) is 0 Å². The number of hydrogen-bond acceptors (Lipinski definition) is 4. The molecule has 0 spiro atoms. The fraction of sp³-hybridized carbons (Fsp3) is 0.500. The number of likely N-dealkylation sites (tertiary alicyclic amines) is 1. The van der Waals surface area contributed by atoms with E-state index in [0.29, 0.717) is 18.8 Å². The molecule has 0 aliphatic carbocycles. The van der Waals surface area contributed by atoms with E-state index >= 15 is 0 Å². The summed E-state index contributed by atoms with van der Waals surface area (Å²) in [6.07, 6.45) is 2.76. The quantitative estimate of drug-likeness (QED) is 0.842. The van der Waals surface area contributed by atoms with E-state index in [2.05, 4.69) is 18.0 Å². The Kier molecular flexibility index (Phi) is 4.44. The lowest BCUT2D eigenvalue weighted by Gasteiger charge is -2.38. The summed E-state index contributed by atoms with van der Waals surface area (Å²) < 4.78 is 11.4. The molecule has 1 atom stereocenters. The van der Waals surface area contributed by atoms with Crippen LogP contribution in [0.3, 0.4) is 0 Å². The van der Waals surface area contributed by atoms with Gasteiger partial charge in [-0.05, 0) is 51.3 Å². The molecular weight excluding hydrogens is 316 g/mol. The zero-order valence-electron chi connectivity index (χ0n) is 14.8. The first-order valence-electron chi connectivity index (χ1n) is 9.06. The Bertz CT molecular complexity index is 799. The highest BCUT2D eigenvalue weighted by Crippen LogP contribution is 2.27. The first-order valence-corrected chi connectivity index (χ1v) is 9.06. The first-order chi connectivity index (χ1) is 12.1. The lowest BCUT2D eigenvalue weighted by atomic mass is 9.99. The lowest BCUT2D eigenvalue weighted by Crippen LogP contribution is -2.50. The molecule has 0 unspecified atom stereocenters. The van der Waals surface area contributed by atoms with Crippen molar-refractivity contribution in [2.24, 2.45) is 0 Å². The molecule has 3 heterocycles. The summed E-state index contributed by atoms with van der Waals surface area (Å²) in [7, 11) is 0. The largest absolute Gasteiger partial charge is 0.348 e. The number of rotatable bonds is 2. The van der Waals surface area contributed by atoms with Crippen LogP contribution in [-0.4, -0.2) is 47.9 Å². The van der Waals surface area contributed by atoms with Gasteiger partial charge in [0.25, 0.3) is 5.91 Å². The molecule has 5 heteroatoms. The molecular formula is C20H24N2O3. The molecule has 1 amide bonds. The van der Waals surface area contributed by atoms with E-state index in [1.165, 1.54) is 5.56 Å². The highest BCUT2D eigenvalue weighted by Gasteiger charge is 2.37. The van der Waals surface area contributed by atoms with Gasteiger partial charge in [-0.2, -0.15) is 0 Å². The standard InChI is InChI=1S/C20H24N2O3/c1-13-6-7-17-15(11-13)12-16(14(2)21-17)19(23)22-8-4-3-5-18(22)20-24-9-10-25-20/h6-7,11-12,18,20H,3-5,8-10H2,1-2H3/t18-/m1/s1. The molecule has 2 aliphatic heterocycles. The summed E-state index contributed by atoms with van der Waals surface area (Å²) in [6, 6.07) is 8.11. The molecule has 0 saturated carbocycles. The van der Waals surface area contributed by atoms with Crippen LogP contribution in [0, 0.1) is 13.8 Å². The van der Waals surface area contributed by atoms with Crippen LogP contribution >= 0.6 is 0 Å². The van der Waals surface area contributed by atoms with Crippen LogP contribution in [-0.2, 0) is 9.47 Å². The van der Waals surface area contributed by atoms with Crippen molar-refractivity contribution in [3.63, 3.8) is 0 Å². The minimum absolute atomic E-state index is 0.00337. The van der Waals surface area contributed by atoms with Gasteiger partial charge in [-0.15, -0.1) is 0 Å². The maximum absolute atomic E-state index is 13.3. The molecule has 0 bridgehead atoms. The maximum Gasteiger partial charge on any atom is 0.256 e. The van der Waals surface area contributed by atoms with Gasteiger partial charge in [0, 0.05) is 11.9 Å². The smallest absolute Gasteiger partial charge is 0.256 e. The topological polar surface area (TPSA) is 51.7 Å². The average Bonchev–Trinajstić information content (AvgIpc) is 3.15. The van der Waals surface area contributed by atoms with E-state index < -0.39 is 0 Å². The van der Waals surface area contributed by atoms with Gasteiger partial charge in [-0.3, -0.25) is 9.78 Å². The molecule has 25 heavy (non-hydrogen) atoms. The zero-order chi connectivity index (χ0) is 17.4. The number of aromatic nitrogens is 1. The molecule has 0 N–H and O–H groups in total. The van der Waals surface area contributed by atoms with Crippen LogP contribution in [0.5, 0.6) is 0 Å². The monoisotopic (exact) mass is 340 g/mol. The number of piperidine rings is 1. The minimum atomic E-state index is -0.291. The number of hydrogen-bond donors (Lipinski definition) is 0. The molecule has 132 valence electrons. The van der Waals surface area contributed by atoms with E-state index in [0.717, 1.165) is 42.4 Å². The van der Waals surface area contributed by atoms with Crippen molar-refractivity contribution >= 4 is 16.8 Å². The summed E-state index contributed by atoms with van der Waals surface area (Å²) in [5.41, 5.74) is 3.55. The van der Waals surface area contributed by atoms with E-state index in [1.54, 1.807) is 0 Å². The van der Waals surface area contributed by atoms with Crippen molar-refractivity contribution in [3.05, 3.63) is 41.1 Å². The second-order valence-electron chi connectivity index (χ2n) is 6.99. The fourth-order valence-electron chi connectivity index (χ4n) is 3.85. The summed E-state index contributed by atoms with van der Waals surface area (Å²) in [5.74, 6) is 0.0391. The number of carbonyl (C=O) groups excluding carboxylic acids is 1. The Morgan fingerprint density at radius 2 is 1.96 bits per heavy atom. The lowest BCUT2D eigenvalue weighted by molar-refractivity contribution is -0.100. The molecule has 2 fully saturated rings. The SMILES string of the molecule is Cc1ccc2nc(C)c(C(=O)N3CCCC[C@@H]3C3OCCO3)cc2c1. The predicted molar refractivity (Wildman–Crippen MR) is 95.6 cm³/mol. The molecule has 2 aliphatic rings. The van der Waals surface area contributed by atoms with Gasteiger partial charge >= 0.3 is 0 Å². The third-order valence-corrected chi connectivity index (χ3v) is 5.16. The number of pyridine rings is 1. The van der Waals surface area contributed by atoms with Crippen LogP contribution in [0.1, 0.15) is 40.9 Å². The van der Waals surface area contributed by atoms with E-state index in [1.807, 2.05) is 30.0 Å². The molecule has 1 aromatic heterocycles. The third kappa shape index (κ3) is 3.14. The minimum Gasteiger partial charge on any atom is -0.348 e. The van der Waals surface area contributed by atoms with Gasteiger partial charge < -0.3 is 14.4 Å². The van der Waals surface area contributed by atoms with Crippen molar-refractivity contribution in [3.8, 4) is 0 Å². The van der Waals surface area contributed by atoms with Crippen LogP contribution in [0.4, 0.5) is 0 Å². The number of ether oxygens (including phenoxy) is 2. The van der Waals surface area contributed by atoms with Crippen LogP contribution in [0.2, 0.25) is 0 Å². The Morgan fingerprint density at radius 1 is 1.16 bits per heavy atom. The predicted octanol–water partition coefficient (Wildman–Crippen LogP) is 3.22. The normalized spacial score (nSPS) is 21.8. The maximum atomic E-state index is 13.3. The van der Waals surface area contributed by atoms with Crippen molar-refractivity contribution < 1.29 is 14.3 Å². The molecule has 2 saturated heterocycles. The van der Waals surface area contributed by atoms with E-state index in [9.17, 15) is 4.79 Å². The van der Waals surface area contributed by atoms with Crippen molar-refractivity contribution in [1.82, 2.24) is 9.88 Å². The van der Waals surface area contributed by atoms with Gasteiger partial charge in [-0.1, -0.05) is 11.6 Å². The average molecular weight is 340 g/mol. The van der Waals surface area contributed by atoms with Crippen LogP contribution in [0.15, 0.2) is 24.3 Å². The second-order valence-corrected chi connectivity index (χ2v) is 6.99. The van der Waals surface area contributed by atoms with Crippen LogP contribution in [0.25, 0.3) is 10.9 Å². The molecule has 1 aromatic carbocycles. The first kappa shape index (κ1) is 16.5. The van der Waals surface area contributed by atoms with E-state index in [-0.39, 0.29) is 18.2 Å². The van der Waals surface area contributed by atoms with Gasteiger partial charge in [-0.25, -0.2) is 0 Å². The number of benzene rings is 1. The van der Waals surface area contributed by atoms with Crippen molar-refractivity contribution in [2.45, 2.75) is 45.4 Å². The van der Waals surface area contributed by atoms with Gasteiger partial charge in [0.15, 0.2) is 6.29 Å². The summed E-state index contributed by atoms with van der Waals surface area (Å²) >= 11 is 0. The number of aryl methyl sites for hydroxylation is 2. The Labute approximate surface area is 147 Å². The molecule has 5 nitrogen and oxygen atoms in total. The van der Waals surface area contributed by atoms with Crippen LogP contribution < -0.4 is 0 Å². The Balaban J connectivity index is 1.68. The molecule has 4 rings (SSSR count). The number of fused-ring (bicyclic) bond motifs is 1. The van der Waals surface area contributed by atoms with Gasteiger partial charge in [0.1, 0.15) is 0 Å².